The Kier molecular flexibility index (Phi) is 4.88. The summed E-state index contributed by atoms with van der Waals surface area (Å²) < 4.78 is 5.36. The third-order valence-electron chi connectivity index (χ3n) is 2.68. The molecule has 0 aromatic heterocycles. The van der Waals surface area contributed by atoms with Crippen molar-refractivity contribution in [3.05, 3.63) is 58.1 Å². The number of halogens is 2. The van der Waals surface area contributed by atoms with E-state index in [0.717, 1.165) is 11.3 Å². The Labute approximate surface area is 127 Å². The first-order chi connectivity index (χ1) is 9.56. The van der Waals surface area contributed by atoms with Crippen molar-refractivity contribution in [1.29, 1.82) is 0 Å². The van der Waals surface area contributed by atoms with Crippen LogP contribution in [0.25, 0.3) is 0 Å². The van der Waals surface area contributed by atoms with E-state index in [-0.39, 0.29) is 12.5 Å². The van der Waals surface area contributed by atoms with Crippen molar-refractivity contribution in [2.75, 3.05) is 11.9 Å². The molecule has 0 saturated heterocycles. The van der Waals surface area contributed by atoms with Crippen LogP contribution in [-0.2, 0) is 4.79 Å². The summed E-state index contributed by atoms with van der Waals surface area (Å²) in [5, 5.41) is 3.62. The molecular weight excluding hydrogens is 297 g/mol. The van der Waals surface area contributed by atoms with Gasteiger partial charge in [-0.2, -0.15) is 0 Å². The number of para-hydroxylation sites is 1. The molecule has 0 aliphatic heterocycles. The highest BCUT2D eigenvalue weighted by atomic mass is 35.5. The molecule has 2 aromatic carbocycles. The SMILES string of the molecule is Cc1ccccc1NC(=O)COc1ccc(Cl)c(Cl)c1. The molecule has 0 bridgehead atoms. The number of hydrogen-bond donors (Lipinski definition) is 1. The summed E-state index contributed by atoms with van der Waals surface area (Å²) in [6.07, 6.45) is 0. The van der Waals surface area contributed by atoms with E-state index in [4.69, 9.17) is 27.9 Å². The predicted octanol–water partition coefficient (Wildman–Crippen LogP) is 4.32. The van der Waals surface area contributed by atoms with E-state index in [0.29, 0.717) is 15.8 Å². The molecule has 0 radical (unpaired) electrons. The molecule has 104 valence electrons. The largest absolute Gasteiger partial charge is 0.484 e. The fraction of sp³-hybridized carbons (Fsp3) is 0.133. The zero-order valence-corrected chi connectivity index (χ0v) is 12.3. The second-order valence-electron chi connectivity index (χ2n) is 4.23. The summed E-state index contributed by atoms with van der Waals surface area (Å²) in [4.78, 5) is 11.8. The van der Waals surface area contributed by atoms with Gasteiger partial charge in [-0.15, -0.1) is 0 Å². The van der Waals surface area contributed by atoms with Crippen LogP contribution in [0, 0.1) is 6.92 Å². The van der Waals surface area contributed by atoms with Crippen LogP contribution in [0.4, 0.5) is 5.69 Å². The minimum atomic E-state index is -0.231. The molecule has 0 fully saturated rings. The summed E-state index contributed by atoms with van der Waals surface area (Å²) in [5.74, 6) is 0.268. The van der Waals surface area contributed by atoms with Crippen molar-refractivity contribution >= 4 is 34.8 Å². The lowest BCUT2D eigenvalue weighted by Gasteiger charge is -2.09. The highest BCUT2D eigenvalue weighted by Gasteiger charge is 2.06. The molecule has 0 saturated carbocycles. The Hall–Kier alpha value is -1.71. The fourth-order valence-corrected chi connectivity index (χ4v) is 1.90. The van der Waals surface area contributed by atoms with E-state index < -0.39 is 0 Å². The van der Waals surface area contributed by atoms with Crippen molar-refractivity contribution in [2.24, 2.45) is 0 Å². The number of amides is 1. The van der Waals surface area contributed by atoms with Gasteiger partial charge in [0.1, 0.15) is 5.75 Å². The van der Waals surface area contributed by atoms with Gasteiger partial charge in [0.05, 0.1) is 10.0 Å². The van der Waals surface area contributed by atoms with Gasteiger partial charge in [-0.25, -0.2) is 0 Å². The maximum absolute atomic E-state index is 11.8. The van der Waals surface area contributed by atoms with Gasteiger partial charge in [0.15, 0.2) is 6.61 Å². The van der Waals surface area contributed by atoms with Crippen molar-refractivity contribution in [3.63, 3.8) is 0 Å². The van der Waals surface area contributed by atoms with Crippen LogP contribution >= 0.6 is 23.2 Å². The monoisotopic (exact) mass is 309 g/mol. The Morgan fingerprint density at radius 1 is 1.15 bits per heavy atom. The molecule has 1 amide bonds. The molecule has 5 heteroatoms. The van der Waals surface area contributed by atoms with Gasteiger partial charge in [0, 0.05) is 11.8 Å². The van der Waals surface area contributed by atoms with Crippen LogP contribution < -0.4 is 10.1 Å². The first-order valence-corrected chi connectivity index (χ1v) is 6.75. The first kappa shape index (κ1) is 14.7. The second kappa shape index (κ2) is 6.64. The molecule has 2 aromatic rings. The van der Waals surface area contributed by atoms with Crippen molar-refractivity contribution in [3.8, 4) is 5.75 Å². The van der Waals surface area contributed by atoms with Crippen LogP contribution in [0.2, 0.25) is 10.0 Å². The zero-order chi connectivity index (χ0) is 14.5. The van der Waals surface area contributed by atoms with Gasteiger partial charge in [0.25, 0.3) is 5.91 Å². The number of nitrogens with one attached hydrogen (secondary N) is 1. The molecule has 0 unspecified atom stereocenters. The highest BCUT2D eigenvalue weighted by molar-refractivity contribution is 6.42. The van der Waals surface area contributed by atoms with Crippen LogP contribution in [0.5, 0.6) is 5.75 Å². The van der Waals surface area contributed by atoms with Crippen molar-refractivity contribution in [1.82, 2.24) is 0 Å². The molecule has 0 spiro atoms. The lowest BCUT2D eigenvalue weighted by Crippen LogP contribution is -2.20. The highest BCUT2D eigenvalue weighted by Crippen LogP contribution is 2.26. The Morgan fingerprint density at radius 3 is 2.60 bits per heavy atom. The van der Waals surface area contributed by atoms with Crippen LogP contribution in [0.1, 0.15) is 5.56 Å². The number of aryl methyl sites for hydroxylation is 1. The van der Waals surface area contributed by atoms with E-state index in [1.165, 1.54) is 0 Å². The quantitative estimate of drug-likeness (QED) is 0.913. The third-order valence-corrected chi connectivity index (χ3v) is 3.42. The number of benzene rings is 2. The van der Waals surface area contributed by atoms with Gasteiger partial charge >= 0.3 is 0 Å². The molecule has 0 heterocycles. The van der Waals surface area contributed by atoms with Gasteiger partial charge in [-0.05, 0) is 30.7 Å². The fourth-order valence-electron chi connectivity index (χ4n) is 1.61. The summed E-state index contributed by atoms with van der Waals surface area (Å²) in [6.45, 7) is 1.84. The molecule has 0 atom stereocenters. The first-order valence-electron chi connectivity index (χ1n) is 5.99. The van der Waals surface area contributed by atoms with Gasteiger partial charge in [0.2, 0.25) is 0 Å². The zero-order valence-electron chi connectivity index (χ0n) is 10.8. The van der Waals surface area contributed by atoms with E-state index in [9.17, 15) is 4.79 Å². The number of carbonyl (C=O) groups is 1. The third kappa shape index (κ3) is 3.89. The number of ether oxygens (including phenoxy) is 1. The molecule has 3 nitrogen and oxygen atoms in total. The minimum absolute atomic E-state index is 0.0910. The smallest absolute Gasteiger partial charge is 0.262 e. The van der Waals surface area contributed by atoms with E-state index in [2.05, 4.69) is 5.32 Å². The maximum Gasteiger partial charge on any atom is 0.262 e. The molecule has 0 aliphatic rings. The number of rotatable bonds is 4. The molecule has 0 aliphatic carbocycles. The lowest BCUT2D eigenvalue weighted by atomic mass is 10.2. The topological polar surface area (TPSA) is 38.3 Å². The number of anilines is 1. The predicted molar refractivity (Wildman–Crippen MR) is 81.8 cm³/mol. The second-order valence-corrected chi connectivity index (χ2v) is 5.04. The van der Waals surface area contributed by atoms with Crippen molar-refractivity contribution in [2.45, 2.75) is 6.92 Å². The van der Waals surface area contributed by atoms with Gasteiger partial charge in [-0.1, -0.05) is 41.4 Å². The molecule has 1 N–H and O–H groups in total. The van der Waals surface area contributed by atoms with Gasteiger partial charge in [-0.3, -0.25) is 4.79 Å². The molecular formula is C15H13Cl2NO2. The van der Waals surface area contributed by atoms with Crippen LogP contribution in [0.3, 0.4) is 0 Å². The Morgan fingerprint density at radius 2 is 1.90 bits per heavy atom. The average Bonchev–Trinajstić information content (AvgIpc) is 2.43. The van der Waals surface area contributed by atoms with E-state index >= 15 is 0 Å². The number of carbonyl (C=O) groups excluding carboxylic acids is 1. The normalized spacial score (nSPS) is 10.2. The molecule has 2 rings (SSSR count). The maximum atomic E-state index is 11.8. The molecule has 20 heavy (non-hydrogen) atoms. The standard InChI is InChI=1S/C15H13Cl2NO2/c1-10-4-2-3-5-14(10)18-15(19)9-20-11-6-7-12(16)13(17)8-11/h2-8H,9H2,1H3,(H,18,19). The average molecular weight is 310 g/mol. The summed E-state index contributed by atoms with van der Waals surface area (Å²) >= 11 is 11.7. The Bertz CT molecular complexity index is 629. The summed E-state index contributed by atoms with van der Waals surface area (Å²) in [7, 11) is 0. The van der Waals surface area contributed by atoms with Crippen LogP contribution in [-0.4, -0.2) is 12.5 Å². The summed E-state index contributed by atoms with van der Waals surface area (Å²) in [5.41, 5.74) is 1.77. The lowest BCUT2D eigenvalue weighted by molar-refractivity contribution is -0.118. The van der Waals surface area contributed by atoms with Crippen LogP contribution in [0.15, 0.2) is 42.5 Å². The van der Waals surface area contributed by atoms with E-state index in [1.54, 1.807) is 18.2 Å². The van der Waals surface area contributed by atoms with E-state index in [1.807, 2.05) is 31.2 Å². The Balaban J connectivity index is 1.92. The minimum Gasteiger partial charge on any atom is -0.484 e. The summed E-state index contributed by atoms with van der Waals surface area (Å²) in [6, 6.07) is 12.4. The van der Waals surface area contributed by atoms with Gasteiger partial charge < -0.3 is 10.1 Å². The van der Waals surface area contributed by atoms with Crippen molar-refractivity contribution < 1.29 is 9.53 Å². The number of hydrogen-bond acceptors (Lipinski definition) is 2.